The van der Waals surface area contributed by atoms with Crippen LogP contribution in [0.2, 0.25) is 0 Å². The van der Waals surface area contributed by atoms with Gasteiger partial charge in [0.25, 0.3) is 0 Å². The molecule has 3 unspecified atom stereocenters. The van der Waals surface area contributed by atoms with Crippen LogP contribution < -0.4 is 5.32 Å². The van der Waals surface area contributed by atoms with E-state index in [1.807, 2.05) is 33.3 Å². The maximum Gasteiger partial charge on any atom is 0.472 e. The second-order valence-electron chi connectivity index (χ2n) is 26.5. The average Bonchev–Trinajstić information content (AvgIpc) is 3.70. The number of nitrogens with one attached hydrogen (secondary N) is 1. The number of allylic oxidation sites excluding steroid dienone is 11. The Morgan fingerprint density at radius 3 is 1.08 bits per heavy atom. The third-order valence-corrected chi connectivity index (χ3v) is 17.6. The van der Waals surface area contributed by atoms with Crippen LogP contribution in [0.5, 0.6) is 0 Å². The fourth-order valence-electron chi connectivity index (χ4n) is 10.9. The van der Waals surface area contributed by atoms with E-state index in [0.717, 1.165) is 89.9 Å². The third-order valence-electron chi connectivity index (χ3n) is 16.6. The monoisotopic (exact) mass is 1240 g/mol. The van der Waals surface area contributed by atoms with E-state index in [2.05, 4.69) is 86.8 Å². The van der Waals surface area contributed by atoms with Crippen molar-refractivity contribution in [1.29, 1.82) is 0 Å². The summed E-state index contributed by atoms with van der Waals surface area (Å²) < 4.78 is 30.8. The van der Waals surface area contributed by atoms with Gasteiger partial charge in [0, 0.05) is 12.8 Å². The first kappa shape index (κ1) is 84.5. The molecule has 3 atom stereocenters. The van der Waals surface area contributed by atoms with Gasteiger partial charge in [0.05, 0.1) is 33.8 Å². The van der Waals surface area contributed by atoms with Crippen molar-refractivity contribution in [1.82, 2.24) is 5.32 Å². The summed E-state index contributed by atoms with van der Waals surface area (Å²) in [6.07, 6.45) is 87.8. The molecule has 0 aromatic rings. The first-order valence-corrected chi connectivity index (χ1v) is 38.8. The van der Waals surface area contributed by atoms with Gasteiger partial charge in [-0.3, -0.25) is 18.6 Å². The number of phosphoric acid groups is 1. The van der Waals surface area contributed by atoms with Gasteiger partial charge in [-0.2, -0.15) is 0 Å². The van der Waals surface area contributed by atoms with Crippen LogP contribution in [0.3, 0.4) is 0 Å². The summed E-state index contributed by atoms with van der Waals surface area (Å²) in [6.45, 7) is 7.01. The van der Waals surface area contributed by atoms with Crippen LogP contribution in [0.25, 0.3) is 0 Å². The molecule has 0 fully saturated rings. The van der Waals surface area contributed by atoms with Gasteiger partial charge in [-0.15, -0.1) is 0 Å². The standard InChI is InChI=1S/C77H143N2O7P/c1-7-10-13-16-19-22-25-27-29-31-33-35-37-39-41-43-45-47-49-51-54-57-60-63-66-69-76(80)78-74(73-85-87(82,83)84-72-71-79(4,5)6)75(68-65-62-59-56-53-24-21-18-15-12-9-3)86-77(81)70-67-64-61-58-55-52-50-48-46-44-42-40-38-36-34-32-30-28-26-23-20-17-14-11-8-2/h19,22,27-30,33,35,39,41,65,68,74-75H,7-18,20-21,23-26,31-32,34,36-38,40,42-64,66-67,69-73H2,1-6H3,(H-,78,80,82,83)/p+1/b22-19-,29-27-,30-28+,35-33-,41-39-,68-65+. The smallest absolute Gasteiger partial charge is 0.456 e. The summed E-state index contributed by atoms with van der Waals surface area (Å²) in [5.74, 6) is -0.501. The number of esters is 1. The summed E-state index contributed by atoms with van der Waals surface area (Å²) in [6, 6.07) is -0.854. The number of hydrogen-bond acceptors (Lipinski definition) is 6. The van der Waals surface area contributed by atoms with Crippen molar-refractivity contribution in [3.05, 3.63) is 72.9 Å². The van der Waals surface area contributed by atoms with Crippen molar-refractivity contribution in [2.24, 2.45) is 0 Å². The van der Waals surface area contributed by atoms with Crippen LogP contribution in [-0.2, 0) is 27.9 Å². The van der Waals surface area contributed by atoms with Crippen LogP contribution in [0, 0.1) is 0 Å². The van der Waals surface area contributed by atoms with Crippen LogP contribution in [0.1, 0.15) is 355 Å². The van der Waals surface area contributed by atoms with Gasteiger partial charge in [0.15, 0.2) is 0 Å². The number of ether oxygens (including phenoxy) is 1. The number of hydrogen-bond donors (Lipinski definition) is 2. The second-order valence-corrected chi connectivity index (χ2v) is 27.9. The Kier molecular flexibility index (Phi) is 64.4. The molecule has 0 spiro atoms. The maximum atomic E-state index is 13.6. The molecule has 2 N–H and O–H groups in total. The quantitative estimate of drug-likeness (QED) is 0.0205. The fourth-order valence-corrected chi connectivity index (χ4v) is 11.6. The highest BCUT2D eigenvalue weighted by atomic mass is 31.2. The Hall–Kier alpha value is -2.55. The molecular formula is C77H144N2O7P+. The molecule has 87 heavy (non-hydrogen) atoms. The predicted octanol–water partition coefficient (Wildman–Crippen LogP) is 23.9. The lowest BCUT2D eigenvalue weighted by Gasteiger charge is -2.27. The molecular weight excluding hydrogens is 1100 g/mol. The molecule has 0 bridgehead atoms. The lowest BCUT2D eigenvalue weighted by atomic mass is 10.0. The van der Waals surface area contributed by atoms with Crippen molar-refractivity contribution in [2.45, 2.75) is 367 Å². The average molecular weight is 1240 g/mol. The minimum atomic E-state index is -4.46. The highest BCUT2D eigenvalue weighted by Crippen LogP contribution is 2.43. The summed E-state index contributed by atoms with van der Waals surface area (Å²) >= 11 is 0. The van der Waals surface area contributed by atoms with Crippen molar-refractivity contribution >= 4 is 19.7 Å². The molecule has 0 radical (unpaired) electrons. The van der Waals surface area contributed by atoms with Crippen molar-refractivity contribution < 1.29 is 37.3 Å². The molecule has 0 saturated carbocycles. The van der Waals surface area contributed by atoms with E-state index < -0.39 is 20.0 Å². The van der Waals surface area contributed by atoms with Gasteiger partial charge in [0.2, 0.25) is 5.91 Å². The van der Waals surface area contributed by atoms with Gasteiger partial charge in [-0.25, -0.2) is 4.57 Å². The molecule has 0 heterocycles. The van der Waals surface area contributed by atoms with E-state index in [9.17, 15) is 19.0 Å². The molecule has 0 aliphatic carbocycles. The molecule has 0 aromatic heterocycles. The molecule has 0 aliphatic rings. The van der Waals surface area contributed by atoms with Crippen LogP contribution in [-0.4, -0.2) is 74.3 Å². The van der Waals surface area contributed by atoms with Crippen molar-refractivity contribution in [2.75, 3.05) is 40.9 Å². The molecule has 0 saturated heterocycles. The van der Waals surface area contributed by atoms with Gasteiger partial charge in [-0.1, -0.05) is 312 Å². The molecule has 0 rings (SSSR count). The van der Waals surface area contributed by atoms with E-state index in [0.29, 0.717) is 23.9 Å². The number of carbonyl (C=O) groups excluding carboxylic acids is 2. The minimum absolute atomic E-state index is 0.0381. The summed E-state index contributed by atoms with van der Waals surface area (Å²) in [4.78, 5) is 37.9. The molecule has 1 amide bonds. The van der Waals surface area contributed by atoms with E-state index in [1.165, 1.54) is 231 Å². The number of phosphoric ester groups is 1. The number of likely N-dealkylation sites (N-methyl/N-ethyl adjacent to an activating group) is 1. The number of amides is 1. The fraction of sp³-hybridized carbons (Fsp3) is 0.818. The van der Waals surface area contributed by atoms with Crippen LogP contribution in [0.4, 0.5) is 0 Å². The van der Waals surface area contributed by atoms with E-state index in [1.54, 1.807) is 0 Å². The first-order valence-electron chi connectivity index (χ1n) is 37.3. The van der Waals surface area contributed by atoms with Gasteiger partial charge >= 0.3 is 13.8 Å². The second kappa shape index (κ2) is 66.4. The predicted molar refractivity (Wildman–Crippen MR) is 378 cm³/mol. The Bertz CT molecular complexity index is 1720. The molecule has 0 aliphatic heterocycles. The van der Waals surface area contributed by atoms with Crippen molar-refractivity contribution in [3.63, 3.8) is 0 Å². The number of nitrogens with zero attached hydrogens (tertiary/aromatic N) is 1. The number of quaternary nitrogens is 1. The molecule has 9 nitrogen and oxygen atoms in total. The van der Waals surface area contributed by atoms with Crippen molar-refractivity contribution in [3.8, 4) is 0 Å². The maximum absolute atomic E-state index is 13.6. The van der Waals surface area contributed by atoms with Crippen LogP contribution >= 0.6 is 7.82 Å². The molecule has 508 valence electrons. The SMILES string of the molecule is CCCCC/C=C\C/C=C\C/C=C\C/C=C\CCCCCCCCCCCC(=O)NC(COP(=O)(O)OCC[N+](C)(C)C)C(/C=C/CCCCCCCCCCC)OC(=O)CCCCCCCCCCCCCCCCC/C=C/CCCCCCCC. The summed E-state index contributed by atoms with van der Waals surface area (Å²) in [7, 11) is 1.50. The first-order chi connectivity index (χ1) is 42.4. The van der Waals surface area contributed by atoms with E-state index in [4.69, 9.17) is 13.8 Å². The van der Waals surface area contributed by atoms with E-state index >= 15 is 0 Å². The molecule has 0 aromatic carbocycles. The Balaban J connectivity index is 4.97. The normalized spacial score (nSPS) is 13.9. The lowest BCUT2D eigenvalue weighted by Crippen LogP contribution is -2.47. The van der Waals surface area contributed by atoms with E-state index in [-0.39, 0.29) is 25.1 Å². The zero-order chi connectivity index (χ0) is 63.5. The summed E-state index contributed by atoms with van der Waals surface area (Å²) in [5.41, 5.74) is 0. The zero-order valence-electron chi connectivity index (χ0n) is 58.3. The lowest BCUT2D eigenvalue weighted by molar-refractivity contribution is -0.870. The minimum Gasteiger partial charge on any atom is -0.456 e. The Morgan fingerprint density at radius 2 is 0.701 bits per heavy atom. The van der Waals surface area contributed by atoms with Gasteiger partial charge in [0.1, 0.15) is 19.3 Å². The highest BCUT2D eigenvalue weighted by Gasteiger charge is 2.30. The Labute approximate surface area is 540 Å². The topological polar surface area (TPSA) is 111 Å². The highest BCUT2D eigenvalue weighted by molar-refractivity contribution is 7.47. The summed E-state index contributed by atoms with van der Waals surface area (Å²) in [5, 5.41) is 3.07. The number of unbranched alkanes of at least 4 members (excludes halogenated alkanes) is 42. The number of carbonyl (C=O) groups is 2. The van der Waals surface area contributed by atoms with Gasteiger partial charge in [-0.05, 0) is 102 Å². The zero-order valence-corrected chi connectivity index (χ0v) is 59.2. The Morgan fingerprint density at radius 1 is 0.402 bits per heavy atom. The van der Waals surface area contributed by atoms with Crippen LogP contribution in [0.15, 0.2) is 72.9 Å². The third kappa shape index (κ3) is 67.7. The largest absolute Gasteiger partial charge is 0.472 e. The van der Waals surface area contributed by atoms with Gasteiger partial charge < -0.3 is 19.4 Å². The molecule has 10 heteroatoms. The number of rotatable bonds is 68.